The van der Waals surface area contributed by atoms with Gasteiger partial charge < -0.3 is 14.8 Å². The molecule has 0 aliphatic heterocycles. The molecule has 0 fully saturated rings. The van der Waals surface area contributed by atoms with E-state index in [1.54, 1.807) is 24.3 Å². The Morgan fingerprint density at radius 3 is 2.43 bits per heavy atom. The van der Waals surface area contributed by atoms with Crippen molar-refractivity contribution in [3.05, 3.63) is 53.1 Å². The van der Waals surface area contributed by atoms with E-state index in [0.717, 1.165) is 5.56 Å². The minimum absolute atomic E-state index is 0.102. The molecule has 2 rings (SSSR count). The highest BCUT2D eigenvalue weighted by molar-refractivity contribution is 7.89. The highest BCUT2D eigenvalue weighted by Gasteiger charge is 2.20. The van der Waals surface area contributed by atoms with Crippen LogP contribution in [0.1, 0.15) is 18.9 Å². The van der Waals surface area contributed by atoms with Crippen molar-refractivity contribution in [3.8, 4) is 5.75 Å². The van der Waals surface area contributed by atoms with Crippen LogP contribution < -0.4 is 14.8 Å². The van der Waals surface area contributed by atoms with Crippen molar-refractivity contribution < 1.29 is 27.5 Å². The van der Waals surface area contributed by atoms with Crippen LogP contribution >= 0.6 is 11.6 Å². The number of hydrogen-bond donors (Lipinski definition) is 2. The molecule has 0 heterocycles. The Bertz CT molecular complexity index is 1010. The number of nitrogens with one attached hydrogen (secondary N) is 2. The van der Waals surface area contributed by atoms with Crippen molar-refractivity contribution >= 4 is 39.2 Å². The summed E-state index contributed by atoms with van der Waals surface area (Å²) in [6, 6.07) is 11.0. The van der Waals surface area contributed by atoms with Crippen molar-refractivity contribution in [2.75, 3.05) is 19.0 Å². The van der Waals surface area contributed by atoms with E-state index in [1.165, 1.54) is 32.2 Å². The van der Waals surface area contributed by atoms with E-state index in [2.05, 4.69) is 10.0 Å². The fourth-order valence-electron chi connectivity index (χ4n) is 2.41. The van der Waals surface area contributed by atoms with Gasteiger partial charge in [-0.15, -0.1) is 0 Å². The average Bonchev–Trinajstić information content (AvgIpc) is 2.68. The van der Waals surface area contributed by atoms with E-state index < -0.39 is 28.0 Å². The summed E-state index contributed by atoms with van der Waals surface area (Å²) in [4.78, 5) is 24.3. The van der Waals surface area contributed by atoms with Gasteiger partial charge in [0.25, 0.3) is 5.91 Å². The SMILES string of the molecule is COc1ccc(Cl)cc1NC(=O)C(C)OC(=O)CCNS(=O)(=O)c1ccc(C)cc1. The summed E-state index contributed by atoms with van der Waals surface area (Å²) in [6.07, 6.45) is -1.33. The van der Waals surface area contributed by atoms with Crippen LogP contribution in [0.2, 0.25) is 5.02 Å². The first-order valence-electron chi connectivity index (χ1n) is 9.02. The lowest BCUT2D eigenvalue weighted by molar-refractivity contribution is -0.152. The van der Waals surface area contributed by atoms with Crippen LogP contribution in [0.15, 0.2) is 47.4 Å². The maximum Gasteiger partial charge on any atom is 0.307 e. The molecule has 2 N–H and O–H groups in total. The number of hydrogen-bond acceptors (Lipinski definition) is 6. The summed E-state index contributed by atoms with van der Waals surface area (Å²) in [7, 11) is -2.29. The fourth-order valence-corrected chi connectivity index (χ4v) is 3.61. The van der Waals surface area contributed by atoms with Gasteiger partial charge in [0.05, 0.1) is 24.1 Å². The molecule has 0 saturated carbocycles. The van der Waals surface area contributed by atoms with Gasteiger partial charge in [-0.3, -0.25) is 9.59 Å². The number of amides is 1. The molecule has 0 aliphatic rings. The van der Waals surface area contributed by atoms with Gasteiger partial charge in [-0.1, -0.05) is 29.3 Å². The molecule has 0 aliphatic carbocycles. The first-order valence-corrected chi connectivity index (χ1v) is 10.9. The van der Waals surface area contributed by atoms with E-state index in [-0.39, 0.29) is 17.9 Å². The maximum absolute atomic E-state index is 12.3. The summed E-state index contributed by atoms with van der Waals surface area (Å²) in [5.41, 5.74) is 1.27. The number of carbonyl (C=O) groups is 2. The van der Waals surface area contributed by atoms with Crippen LogP contribution in [0.3, 0.4) is 0 Å². The molecule has 1 unspecified atom stereocenters. The van der Waals surface area contributed by atoms with Crippen LogP contribution in [-0.2, 0) is 24.3 Å². The summed E-state index contributed by atoms with van der Waals surface area (Å²) in [5.74, 6) is -0.900. The Balaban J connectivity index is 1.85. The first-order chi connectivity index (χ1) is 14.1. The summed E-state index contributed by atoms with van der Waals surface area (Å²) in [5, 5.41) is 2.98. The molecule has 8 nitrogen and oxygen atoms in total. The number of esters is 1. The number of halogens is 1. The topological polar surface area (TPSA) is 111 Å². The Labute approximate surface area is 180 Å². The Morgan fingerprint density at radius 2 is 1.80 bits per heavy atom. The van der Waals surface area contributed by atoms with Gasteiger partial charge in [-0.2, -0.15) is 0 Å². The van der Waals surface area contributed by atoms with Gasteiger partial charge in [-0.25, -0.2) is 13.1 Å². The zero-order chi connectivity index (χ0) is 22.3. The number of benzene rings is 2. The number of carbonyl (C=O) groups excluding carboxylic acids is 2. The fraction of sp³-hybridized carbons (Fsp3) is 0.300. The number of methoxy groups -OCH3 is 1. The molecule has 0 bridgehead atoms. The van der Waals surface area contributed by atoms with Crippen LogP contribution in [0.4, 0.5) is 5.69 Å². The minimum Gasteiger partial charge on any atom is -0.495 e. The smallest absolute Gasteiger partial charge is 0.307 e. The monoisotopic (exact) mass is 454 g/mol. The summed E-state index contributed by atoms with van der Waals surface area (Å²) < 4.78 is 36.9. The lowest BCUT2D eigenvalue weighted by atomic mass is 10.2. The van der Waals surface area contributed by atoms with Crippen LogP contribution in [0.25, 0.3) is 0 Å². The number of sulfonamides is 1. The second-order valence-corrected chi connectivity index (χ2v) is 8.63. The van der Waals surface area contributed by atoms with E-state index in [4.69, 9.17) is 21.1 Å². The first kappa shape index (κ1) is 23.7. The molecule has 2 aromatic carbocycles. The molecular formula is C20H23ClN2O6S. The standard InChI is InChI=1S/C20H23ClN2O6S/c1-13-4-7-16(8-5-13)30(26,27)22-11-10-19(24)29-14(2)20(25)23-17-12-15(21)6-9-18(17)28-3/h4-9,12,14,22H,10-11H2,1-3H3,(H,23,25). The summed E-state index contributed by atoms with van der Waals surface area (Å²) >= 11 is 5.92. The Hall–Kier alpha value is -2.62. The molecular weight excluding hydrogens is 432 g/mol. The molecule has 0 spiro atoms. The second kappa shape index (κ2) is 10.4. The van der Waals surface area contributed by atoms with Gasteiger partial charge in [0.1, 0.15) is 5.75 Å². The predicted molar refractivity (Wildman–Crippen MR) is 113 cm³/mol. The molecule has 162 valence electrons. The van der Waals surface area contributed by atoms with Crippen molar-refractivity contribution in [2.45, 2.75) is 31.3 Å². The van der Waals surface area contributed by atoms with Crippen molar-refractivity contribution in [2.24, 2.45) is 0 Å². The Kier molecular flexibility index (Phi) is 8.22. The third-order valence-electron chi connectivity index (χ3n) is 4.05. The van der Waals surface area contributed by atoms with E-state index in [0.29, 0.717) is 16.5 Å². The van der Waals surface area contributed by atoms with E-state index >= 15 is 0 Å². The second-order valence-electron chi connectivity index (χ2n) is 6.43. The van der Waals surface area contributed by atoms with Gasteiger partial charge in [-0.05, 0) is 44.2 Å². The zero-order valence-electron chi connectivity index (χ0n) is 16.8. The highest BCUT2D eigenvalue weighted by atomic mass is 35.5. The van der Waals surface area contributed by atoms with Gasteiger partial charge in [0.15, 0.2) is 6.10 Å². The molecule has 2 aromatic rings. The minimum atomic E-state index is -3.73. The van der Waals surface area contributed by atoms with Gasteiger partial charge >= 0.3 is 5.97 Å². The lowest BCUT2D eigenvalue weighted by Gasteiger charge is -2.15. The normalized spacial score (nSPS) is 12.1. The van der Waals surface area contributed by atoms with Crippen LogP contribution in [0.5, 0.6) is 5.75 Å². The molecule has 0 saturated heterocycles. The maximum atomic E-state index is 12.3. The number of aryl methyl sites for hydroxylation is 1. The van der Waals surface area contributed by atoms with E-state index in [9.17, 15) is 18.0 Å². The van der Waals surface area contributed by atoms with Gasteiger partial charge in [0, 0.05) is 11.6 Å². The third kappa shape index (κ3) is 6.72. The molecule has 1 amide bonds. The predicted octanol–water partition coefficient (Wildman–Crippen LogP) is 2.90. The lowest BCUT2D eigenvalue weighted by Crippen LogP contribution is -2.32. The molecule has 1 atom stereocenters. The van der Waals surface area contributed by atoms with Crippen molar-refractivity contribution in [1.82, 2.24) is 4.72 Å². The van der Waals surface area contributed by atoms with E-state index in [1.807, 2.05) is 6.92 Å². The number of anilines is 1. The Morgan fingerprint density at radius 1 is 1.13 bits per heavy atom. The molecule has 30 heavy (non-hydrogen) atoms. The average molecular weight is 455 g/mol. The largest absolute Gasteiger partial charge is 0.495 e. The zero-order valence-corrected chi connectivity index (χ0v) is 18.3. The summed E-state index contributed by atoms with van der Waals surface area (Å²) in [6.45, 7) is 3.09. The van der Waals surface area contributed by atoms with Crippen molar-refractivity contribution in [3.63, 3.8) is 0 Å². The van der Waals surface area contributed by atoms with Gasteiger partial charge in [0.2, 0.25) is 10.0 Å². The van der Waals surface area contributed by atoms with Crippen LogP contribution in [0, 0.1) is 6.92 Å². The molecule has 0 aromatic heterocycles. The number of rotatable bonds is 9. The quantitative estimate of drug-likeness (QED) is 0.563. The molecule has 0 radical (unpaired) electrons. The van der Waals surface area contributed by atoms with Crippen molar-refractivity contribution in [1.29, 1.82) is 0 Å². The van der Waals surface area contributed by atoms with Crippen LogP contribution in [-0.4, -0.2) is 40.1 Å². The third-order valence-corrected chi connectivity index (χ3v) is 5.76. The number of ether oxygens (including phenoxy) is 2. The highest BCUT2D eigenvalue weighted by Crippen LogP contribution is 2.27. The molecule has 10 heteroatoms.